The summed E-state index contributed by atoms with van der Waals surface area (Å²) in [5.41, 5.74) is -0.0430. The van der Waals surface area contributed by atoms with Crippen LogP contribution in [0.3, 0.4) is 0 Å². The molecule has 0 spiro atoms. The Kier molecular flexibility index (Phi) is 4.87. The van der Waals surface area contributed by atoms with Gasteiger partial charge in [-0.15, -0.1) is 0 Å². The van der Waals surface area contributed by atoms with Gasteiger partial charge in [-0.1, -0.05) is 0 Å². The largest absolute Gasteiger partial charge is 0.488 e. The zero-order valence-electron chi connectivity index (χ0n) is 12.1. The normalized spacial score (nSPS) is 22.1. The highest BCUT2D eigenvalue weighted by Crippen LogP contribution is 2.33. The van der Waals surface area contributed by atoms with Crippen LogP contribution in [0.25, 0.3) is 0 Å². The van der Waals surface area contributed by atoms with Gasteiger partial charge >= 0.3 is 0 Å². The molecule has 1 fully saturated rings. The van der Waals surface area contributed by atoms with Gasteiger partial charge in [0.15, 0.2) is 5.75 Å². The van der Waals surface area contributed by atoms with Crippen LogP contribution in [-0.2, 0) is 10.0 Å². The molecule has 0 aliphatic heterocycles. The minimum atomic E-state index is -3.53. The first-order valence-corrected chi connectivity index (χ1v) is 8.74. The Morgan fingerprint density at radius 3 is 2.73 bits per heavy atom. The lowest BCUT2D eigenvalue weighted by Crippen LogP contribution is -2.28. The third-order valence-corrected chi connectivity index (χ3v) is 3.95. The van der Waals surface area contributed by atoms with E-state index in [0.717, 1.165) is 12.7 Å². The maximum absolute atomic E-state index is 11.4. The Bertz CT molecular complexity index is 660. The summed E-state index contributed by atoms with van der Waals surface area (Å²) >= 11 is 0. The first-order valence-electron chi connectivity index (χ1n) is 6.85. The highest BCUT2D eigenvalue weighted by atomic mass is 32.2. The highest BCUT2D eigenvalue weighted by Gasteiger charge is 2.24. The van der Waals surface area contributed by atoms with E-state index in [-0.39, 0.29) is 23.2 Å². The van der Waals surface area contributed by atoms with Gasteiger partial charge < -0.3 is 9.84 Å². The lowest BCUT2D eigenvalue weighted by atomic mass is 9.95. The zero-order chi connectivity index (χ0) is 16.3. The van der Waals surface area contributed by atoms with Crippen LogP contribution in [0.5, 0.6) is 5.75 Å². The van der Waals surface area contributed by atoms with Gasteiger partial charge in [-0.2, -0.15) is 0 Å². The van der Waals surface area contributed by atoms with E-state index in [1.54, 1.807) is 0 Å². The molecule has 0 saturated heterocycles. The zero-order valence-corrected chi connectivity index (χ0v) is 12.9. The number of nitro groups is 1. The van der Waals surface area contributed by atoms with Crippen molar-refractivity contribution >= 4 is 21.4 Å². The van der Waals surface area contributed by atoms with Crippen molar-refractivity contribution in [2.24, 2.45) is 0 Å². The van der Waals surface area contributed by atoms with E-state index in [1.165, 1.54) is 18.2 Å². The van der Waals surface area contributed by atoms with Crippen LogP contribution in [0.4, 0.5) is 11.4 Å². The molecule has 0 bridgehead atoms. The monoisotopic (exact) mass is 330 g/mol. The van der Waals surface area contributed by atoms with Crippen LogP contribution >= 0.6 is 0 Å². The number of benzene rings is 1. The average molecular weight is 330 g/mol. The van der Waals surface area contributed by atoms with Crippen molar-refractivity contribution in [2.45, 2.75) is 37.9 Å². The average Bonchev–Trinajstić information content (AvgIpc) is 2.39. The van der Waals surface area contributed by atoms with Gasteiger partial charge in [0.05, 0.1) is 29.0 Å². The van der Waals surface area contributed by atoms with Crippen molar-refractivity contribution in [3.8, 4) is 5.75 Å². The maximum Gasteiger partial charge on any atom is 0.273 e. The fourth-order valence-electron chi connectivity index (χ4n) is 2.41. The molecule has 2 rings (SSSR count). The number of ether oxygens (including phenoxy) is 1. The van der Waals surface area contributed by atoms with Gasteiger partial charge in [0.2, 0.25) is 10.0 Å². The summed E-state index contributed by atoms with van der Waals surface area (Å²) in [5.74, 6) is 0.0960. The predicted molar refractivity (Wildman–Crippen MR) is 80.5 cm³/mol. The molecular weight excluding hydrogens is 312 g/mol. The molecule has 22 heavy (non-hydrogen) atoms. The van der Waals surface area contributed by atoms with Crippen molar-refractivity contribution in [1.29, 1.82) is 0 Å². The fraction of sp³-hybridized carbons (Fsp3) is 0.538. The number of nitro benzene ring substituents is 1. The van der Waals surface area contributed by atoms with Crippen molar-refractivity contribution in [1.82, 2.24) is 0 Å². The van der Waals surface area contributed by atoms with Crippen LogP contribution in [0, 0.1) is 10.1 Å². The molecule has 1 aromatic carbocycles. The lowest BCUT2D eigenvalue weighted by molar-refractivity contribution is -0.384. The van der Waals surface area contributed by atoms with Crippen LogP contribution < -0.4 is 9.46 Å². The molecule has 0 unspecified atom stereocenters. The topological polar surface area (TPSA) is 119 Å². The van der Waals surface area contributed by atoms with Crippen molar-refractivity contribution < 1.29 is 23.2 Å². The standard InChI is InChI=1S/C13H18N2O6S/c1-22(19,20)14-12-6-5-9(15(17)18)7-13(12)21-11-4-2-3-10(16)8-11/h5-7,10-11,14,16H,2-4,8H2,1H3/t10-,11+/m1/s1. The summed E-state index contributed by atoms with van der Waals surface area (Å²) in [6, 6.07) is 3.69. The summed E-state index contributed by atoms with van der Waals surface area (Å²) in [4.78, 5) is 10.3. The summed E-state index contributed by atoms with van der Waals surface area (Å²) in [7, 11) is -3.53. The Hall–Kier alpha value is -1.87. The van der Waals surface area contributed by atoms with Crippen molar-refractivity contribution in [3.63, 3.8) is 0 Å². The number of aliphatic hydroxyl groups excluding tert-OH is 1. The highest BCUT2D eigenvalue weighted by molar-refractivity contribution is 7.92. The van der Waals surface area contributed by atoms with Crippen molar-refractivity contribution in [2.75, 3.05) is 11.0 Å². The summed E-state index contributed by atoms with van der Waals surface area (Å²) < 4.78 is 30.7. The predicted octanol–water partition coefficient (Wildman–Crippen LogP) is 1.65. The van der Waals surface area contributed by atoms with E-state index < -0.39 is 21.1 Å². The Labute approximate surface area is 128 Å². The van der Waals surface area contributed by atoms with E-state index in [1.807, 2.05) is 0 Å². The van der Waals surface area contributed by atoms with Gasteiger partial charge in [0, 0.05) is 12.5 Å². The Morgan fingerprint density at radius 2 is 2.14 bits per heavy atom. The van der Waals surface area contributed by atoms with Gasteiger partial charge in [-0.25, -0.2) is 8.42 Å². The second kappa shape index (κ2) is 6.49. The van der Waals surface area contributed by atoms with Crippen molar-refractivity contribution in [3.05, 3.63) is 28.3 Å². The summed E-state index contributed by atoms with van der Waals surface area (Å²) in [6.07, 6.45) is 2.83. The second-order valence-corrected chi connectivity index (χ2v) is 7.12. The molecule has 1 saturated carbocycles. The Morgan fingerprint density at radius 1 is 1.41 bits per heavy atom. The molecule has 2 atom stereocenters. The van der Waals surface area contributed by atoms with E-state index >= 15 is 0 Å². The molecule has 8 nitrogen and oxygen atoms in total. The molecule has 1 aromatic rings. The van der Waals surface area contributed by atoms with Crippen LogP contribution in [0.1, 0.15) is 25.7 Å². The molecule has 0 amide bonds. The van der Waals surface area contributed by atoms with Crippen LogP contribution in [-0.4, -0.2) is 36.9 Å². The van der Waals surface area contributed by atoms with E-state index in [2.05, 4.69) is 4.72 Å². The number of sulfonamides is 1. The molecule has 0 radical (unpaired) electrons. The minimum absolute atomic E-state index is 0.0960. The van der Waals surface area contributed by atoms with E-state index in [0.29, 0.717) is 19.3 Å². The number of rotatable bonds is 5. The number of nitrogens with one attached hydrogen (secondary N) is 1. The molecule has 9 heteroatoms. The molecular formula is C13H18N2O6S. The number of anilines is 1. The SMILES string of the molecule is CS(=O)(=O)Nc1ccc([N+](=O)[O-])cc1O[C@H]1CCC[C@@H](O)C1. The number of non-ortho nitro benzene ring substituents is 1. The fourth-order valence-corrected chi connectivity index (χ4v) is 2.98. The first kappa shape index (κ1) is 16.5. The third-order valence-electron chi connectivity index (χ3n) is 3.36. The van der Waals surface area contributed by atoms with Crippen LogP contribution in [0.15, 0.2) is 18.2 Å². The minimum Gasteiger partial charge on any atom is -0.488 e. The maximum atomic E-state index is 11.4. The van der Waals surface area contributed by atoms with Gasteiger partial charge in [-0.3, -0.25) is 14.8 Å². The molecule has 0 aromatic heterocycles. The van der Waals surface area contributed by atoms with Crippen LogP contribution in [0.2, 0.25) is 0 Å². The Balaban J connectivity index is 2.28. The summed E-state index contributed by atoms with van der Waals surface area (Å²) in [6.45, 7) is 0. The van der Waals surface area contributed by atoms with Gasteiger partial charge in [0.1, 0.15) is 6.10 Å². The summed E-state index contributed by atoms with van der Waals surface area (Å²) in [5, 5.41) is 20.5. The molecule has 1 aliphatic rings. The number of hydrogen-bond acceptors (Lipinski definition) is 6. The van der Waals surface area contributed by atoms with Gasteiger partial charge in [0.25, 0.3) is 5.69 Å². The third kappa shape index (κ3) is 4.57. The van der Waals surface area contributed by atoms with E-state index in [9.17, 15) is 23.6 Å². The van der Waals surface area contributed by atoms with Gasteiger partial charge in [-0.05, 0) is 25.3 Å². The number of hydrogen-bond donors (Lipinski definition) is 2. The molecule has 2 N–H and O–H groups in total. The second-order valence-electron chi connectivity index (χ2n) is 5.37. The molecule has 1 aliphatic carbocycles. The lowest BCUT2D eigenvalue weighted by Gasteiger charge is -2.27. The first-order chi connectivity index (χ1) is 10.2. The number of aliphatic hydroxyl groups is 1. The molecule has 0 heterocycles. The smallest absolute Gasteiger partial charge is 0.273 e. The van der Waals surface area contributed by atoms with E-state index in [4.69, 9.17) is 4.74 Å². The number of nitrogens with zero attached hydrogens (tertiary/aromatic N) is 1. The quantitative estimate of drug-likeness (QED) is 0.626. The molecule has 122 valence electrons.